The summed E-state index contributed by atoms with van der Waals surface area (Å²) < 4.78 is 4.74. The van der Waals surface area contributed by atoms with E-state index in [-0.39, 0.29) is 4.75 Å². The highest BCUT2D eigenvalue weighted by molar-refractivity contribution is 8.40. The summed E-state index contributed by atoms with van der Waals surface area (Å²) in [6.45, 7) is 11.3. The molecule has 0 bridgehead atoms. The Hall–Kier alpha value is 0.450. The van der Waals surface area contributed by atoms with Crippen LogP contribution in [0.5, 0.6) is 0 Å². The first kappa shape index (κ1) is 23.7. The lowest BCUT2D eigenvalue weighted by Gasteiger charge is -2.17. The van der Waals surface area contributed by atoms with E-state index in [0.29, 0.717) is 0 Å². The Bertz CT molecular complexity index is 614. The lowest BCUT2D eigenvalue weighted by molar-refractivity contribution is 0.803. The molecule has 1 aliphatic rings. The minimum absolute atomic E-state index is 0.260. The third-order valence-electron chi connectivity index (χ3n) is 3.60. The molecular formula is C22H32S5. The van der Waals surface area contributed by atoms with E-state index in [1.807, 2.05) is 35.3 Å². The van der Waals surface area contributed by atoms with Crippen molar-refractivity contribution < 1.29 is 0 Å². The summed E-state index contributed by atoms with van der Waals surface area (Å²) in [7, 11) is 0. The smallest absolute Gasteiger partial charge is 0.0659 e. The molecule has 1 aromatic rings. The average molecular weight is 457 g/mol. The van der Waals surface area contributed by atoms with Crippen molar-refractivity contribution >= 4 is 64.9 Å². The SMILES string of the molecule is CCCCSC1=C(SCCCC)SC(=Cc2ccc(SC(C)(C)C)cc2)S1. The molecule has 27 heavy (non-hydrogen) atoms. The molecule has 0 amide bonds. The van der Waals surface area contributed by atoms with E-state index in [9.17, 15) is 0 Å². The Morgan fingerprint density at radius 1 is 0.852 bits per heavy atom. The molecule has 0 nitrogen and oxygen atoms in total. The molecular weight excluding hydrogens is 425 g/mol. The Balaban J connectivity index is 2.01. The van der Waals surface area contributed by atoms with E-state index in [4.69, 9.17) is 0 Å². The van der Waals surface area contributed by atoms with E-state index >= 15 is 0 Å². The predicted molar refractivity (Wildman–Crippen MR) is 137 cm³/mol. The van der Waals surface area contributed by atoms with Gasteiger partial charge in [-0.1, -0.05) is 83.1 Å². The fraction of sp³-hybridized carbons (Fsp3) is 0.545. The van der Waals surface area contributed by atoms with Crippen LogP contribution in [0.1, 0.15) is 65.9 Å². The van der Waals surface area contributed by atoms with Crippen LogP contribution in [-0.4, -0.2) is 16.3 Å². The van der Waals surface area contributed by atoms with E-state index in [1.54, 1.807) is 0 Å². The molecule has 0 saturated carbocycles. The van der Waals surface area contributed by atoms with Crippen molar-refractivity contribution in [1.29, 1.82) is 0 Å². The van der Waals surface area contributed by atoms with Crippen LogP contribution in [0.3, 0.4) is 0 Å². The van der Waals surface area contributed by atoms with Gasteiger partial charge < -0.3 is 0 Å². The van der Waals surface area contributed by atoms with Crippen LogP contribution in [0.25, 0.3) is 6.08 Å². The molecule has 1 aromatic carbocycles. The monoisotopic (exact) mass is 456 g/mol. The third kappa shape index (κ3) is 9.20. The van der Waals surface area contributed by atoms with Crippen molar-refractivity contribution in [3.63, 3.8) is 0 Å². The topological polar surface area (TPSA) is 0 Å². The van der Waals surface area contributed by atoms with Gasteiger partial charge in [0.25, 0.3) is 0 Å². The lowest BCUT2D eigenvalue weighted by Crippen LogP contribution is -2.06. The van der Waals surface area contributed by atoms with Crippen LogP contribution in [0.15, 0.2) is 41.9 Å². The van der Waals surface area contributed by atoms with Crippen LogP contribution in [0.2, 0.25) is 0 Å². The predicted octanol–water partition coefficient (Wildman–Crippen LogP) is 9.55. The second-order valence-corrected chi connectivity index (χ2v) is 14.4. The molecule has 0 saturated heterocycles. The Morgan fingerprint density at radius 3 is 1.81 bits per heavy atom. The Labute approximate surface area is 188 Å². The maximum Gasteiger partial charge on any atom is 0.0659 e. The van der Waals surface area contributed by atoms with Gasteiger partial charge in [-0.05, 0) is 48.1 Å². The number of rotatable bonds is 10. The minimum Gasteiger partial charge on any atom is -0.120 e. The summed E-state index contributed by atoms with van der Waals surface area (Å²) in [6.07, 6.45) is 7.52. The van der Waals surface area contributed by atoms with Crippen molar-refractivity contribution in [3.05, 3.63) is 42.5 Å². The molecule has 0 unspecified atom stereocenters. The second kappa shape index (κ2) is 12.2. The number of unbranched alkanes of at least 4 members (excludes halogenated alkanes) is 2. The van der Waals surface area contributed by atoms with E-state index in [1.165, 1.54) is 60.4 Å². The summed E-state index contributed by atoms with van der Waals surface area (Å²) >= 11 is 9.99. The second-order valence-electron chi connectivity index (χ2n) is 7.43. The normalized spacial score (nSPS) is 14.9. The molecule has 0 spiro atoms. The first-order valence-corrected chi connectivity index (χ1v) is 14.2. The fourth-order valence-electron chi connectivity index (χ4n) is 2.26. The summed E-state index contributed by atoms with van der Waals surface area (Å²) in [4.78, 5) is 1.35. The van der Waals surface area contributed by atoms with E-state index in [2.05, 4.69) is 88.5 Å². The quantitative estimate of drug-likeness (QED) is 0.253. The number of thioether (sulfide) groups is 5. The molecule has 0 fully saturated rings. The van der Waals surface area contributed by atoms with Crippen LogP contribution in [0.4, 0.5) is 0 Å². The highest BCUT2D eigenvalue weighted by Gasteiger charge is 2.22. The largest absolute Gasteiger partial charge is 0.120 e. The highest BCUT2D eigenvalue weighted by Crippen LogP contribution is 2.57. The molecule has 0 aromatic heterocycles. The standard InChI is InChI=1S/C22H32S5/c1-6-8-14-23-20-21(24-15-9-7-2)26-19(25-20)16-17-10-12-18(13-11-17)27-22(3,4)5/h10-13,16H,6-9,14-15H2,1-5H3. The number of hydrogen-bond donors (Lipinski definition) is 0. The molecule has 2 rings (SSSR count). The molecule has 1 aliphatic heterocycles. The summed E-state index contributed by atoms with van der Waals surface area (Å²) in [6, 6.07) is 9.03. The first-order chi connectivity index (χ1) is 12.9. The maximum atomic E-state index is 2.36. The van der Waals surface area contributed by atoms with Crippen LogP contribution >= 0.6 is 58.8 Å². The molecule has 0 atom stereocenters. The van der Waals surface area contributed by atoms with Gasteiger partial charge in [0.15, 0.2) is 0 Å². The maximum absolute atomic E-state index is 2.36. The van der Waals surface area contributed by atoms with E-state index in [0.717, 1.165) is 0 Å². The van der Waals surface area contributed by atoms with Crippen molar-refractivity contribution in [2.24, 2.45) is 0 Å². The van der Waals surface area contributed by atoms with Crippen molar-refractivity contribution in [3.8, 4) is 0 Å². The van der Waals surface area contributed by atoms with Crippen LogP contribution in [0, 0.1) is 0 Å². The van der Waals surface area contributed by atoms with Gasteiger partial charge in [-0.25, -0.2) is 0 Å². The van der Waals surface area contributed by atoms with Gasteiger partial charge in [0, 0.05) is 9.64 Å². The zero-order valence-corrected chi connectivity index (χ0v) is 21.3. The Kier molecular flexibility index (Phi) is 10.7. The van der Waals surface area contributed by atoms with E-state index < -0.39 is 0 Å². The average Bonchev–Trinajstić information content (AvgIpc) is 2.97. The van der Waals surface area contributed by atoms with Gasteiger partial charge >= 0.3 is 0 Å². The van der Waals surface area contributed by atoms with Gasteiger partial charge in [0.2, 0.25) is 0 Å². The molecule has 5 heteroatoms. The molecule has 0 N–H and O–H groups in total. The summed E-state index contributed by atoms with van der Waals surface area (Å²) in [5.41, 5.74) is 1.31. The first-order valence-electron chi connectivity index (χ1n) is 9.77. The van der Waals surface area contributed by atoms with Crippen LogP contribution in [-0.2, 0) is 0 Å². The highest BCUT2D eigenvalue weighted by atomic mass is 32.3. The van der Waals surface area contributed by atoms with Gasteiger partial charge in [-0.2, -0.15) is 0 Å². The van der Waals surface area contributed by atoms with Crippen LogP contribution < -0.4 is 0 Å². The number of benzene rings is 1. The van der Waals surface area contributed by atoms with Crippen molar-refractivity contribution in [1.82, 2.24) is 0 Å². The molecule has 0 radical (unpaired) electrons. The Morgan fingerprint density at radius 2 is 1.37 bits per heavy atom. The van der Waals surface area contributed by atoms with Gasteiger partial charge in [0.1, 0.15) is 0 Å². The lowest BCUT2D eigenvalue weighted by atomic mass is 10.2. The van der Waals surface area contributed by atoms with Crippen molar-refractivity contribution in [2.45, 2.75) is 69.9 Å². The summed E-state index contributed by atoms with van der Waals surface area (Å²) in [5.74, 6) is 2.48. The third-order valence-corrected chi connectivity index (χ3v) is 10.3. The zero-order valence-electron chi connectivity index (χ0n) is 17.2. The van der Waals surface area contributed by atoms with Gasteiger partial charge in [0.05, 0.1) is 12.7 Å². The summed E-state index contributed by atoms with van der Waals surface area (Å²) in [5, 5.41) is 0. The molecule has 1 heterocycles. The van der Waals surface area contributed by atoms with Gasteiger partial charge in [-0.3, -0.25) is 0 Å². The minimum atomic E-state index is 0.260. The zero-order chi connectivity index (χ0) is 19.7. The number of hydrogen-bond acceptors (Lipinski definition) is 5. The molecule has 0 aliphatic carbocycles. The fourth-order valence-corrected chi connectivity index (χ4v) is 9.34. The van der Waals surface area contributed by atoms with Crippen molar-refractivity contribution in [2.75, 3.05) is 11.5 Å². The molecule has 150 valence electrons. The van der Waals surface area contributed by atoms with Gasteiger partial charge in [-0.15, -0.1) is 35.3 Å².